The van der Waals surface area contributed by atoms with Crippen molar-refractivity contribution in [2.75, 3.05) is 68.5 Å². The lowest BCUT2D eigenvalue weighted by Crippen LogP contribution is -2.64. The number of benzene rings is 1. The van der Waals surface area contributed by atoms with Crippen LogP contribution in [-0.4, -0.2) is 216 Å². The smallest absolute Gasteiger partial charge is 0.351 e. The zero-order valence-corrected chi connectivity index (χ0v) is 58.1. The van der Waals surface area contributed by atoms with Gasteiger partial charge in [0.1, 0.15) is 41.8 Å². The van der Waals surface area contributed by atoms with Gasteiger partial charge in [-0.2, -0.15) is 13.2 Å². The number of amides is 11. The van der Waals surface area contributed by atoms with E-state index in [4.69, 9.17) is 11.6 Å². The Hall–Kier alpha value is -6.53. The number of halogens is 4. The highest BCUT2D eigenvalue weighted by atomic mass is 35.5. The molecule has 4 fully saturated rings. The Morgan fingerprint density at radius 3 is 1.81 bits per heavy atom. The number of hydrogen-bond acceptors (Lipinski definition) is 11. The van der Waals surface area contributed by atoms with Gasteiger partial charge in [-0.05, 0) is 105 Å². The topological polar surface area (TPSA) is 259 Å². The fraction of sp³-hybridized carbons (Fsp3) is 0.746. The number of fused-ring (bicyclic) bond motifs is 1. The number of alkyl halides is 3. The molecule has 1 aromatic carbocycles. The molecule has 1 spiro atoms. The van der Waals surface area contributed by atoms with Crippen LogP contribution in [0, 0.1) is 29.6 Å². The summed E-state index contributed by atoms with van der Waals surface area (Å²) >= 11 is 6.13. The predicted octanol–water partition coefficient (Wildman–Crippen LogP) is 6.19. The maximum Gasteiger partial charge on any atom is 0.417 e. The summed E-state index contributed by atoms with van der Waals surface area (Å²) in [6, 6.07) is -4.56. The van der Waals surface area contributed by atoms with Crippen LogP contribution >= 0.6 is 11.6 Å². The second-order valence-electron chi connectivity index (χ2n) is 28.0. The van der Waals surface area contributed by atoms with Crippen molar-refractivity contribution >= 4 is 76.6 Å². The molecule has 1 aromatic rings. The first-order chi connectivity index (χ1) is 43.5. The summed E-state index contributed by atoms with van der Waals surface area (Å²) < 4.78 is 41.4. The largest absolute Gasteiger partial charge is 0.417 e. The van der Waals surface area contributed by atoms with Crippen molar-refractivity contribution in [2.24, 2.45) is 29.6 Å². The van der Waals surface area contributed by atoms with Crippen molar-refractivity contribution < 1.29 is 65.9 Å². The summed E-state index contributed by atoms with van der Waals surface area (Å²) in [6.07, 6.45) is 2.42. The van der Waals surface area contributed by atoms with Crippen molar-refractivity contribution in [3.8, 4) is 0 Å². The van der Waals surface area contributed by atoms with Crippen LogP contribution in [0.1, 0.15) is 176 Å². The van der Waals surface area contributed by atoms with Crippen molar-refractivity contribution in [3.63, 3.8) is 0 Å². The third kappa shape index (κ3) is 20.7. The van der Waals surface area contributed by atoms with E-state index in [1.807, 2.05) is 34.6 Å². The second kappa shape index (κ2) is 34.2. The number of nitrogens with one attached hydrogen (secondary N) is 4. The Kier molecular flexibility index (Phi) is 28.4. The molecule has 4 N–H and O–H groups in total. The third-order valence-electron chi connectivity index (χ3n) is 19.3. The molecule has 2 heterocycles. The molecule has 522 valence electrons. The van der Waals surface area contributed by atoms with Crippen molar-refractivity contribution in [1.29, 1.82) is 0 Å². The average Bonchev–Trinajstić information content (AvgIpc) is 1.76. The monoisotopic (exact) mass is 1330 g/mol. The Balaban J connectivity index is 1.57. The van der Waals surface area contributed by atoms with E-state index >= 15 is 9.59 Å². The molecule has 2 saturated carbocycles. The van der Waals surface area contributed by atoms with Crippen LogP contribution < -0.4 is 21.3 Å². The van der Waals surface area contributed by atoms with Gasteiger partial charge in [0.15, 0.2) is 0 Å². The summed E-state index contributed by atoms with van der Waals surface area (Å²) in [5, 5.41) is 11.2. The molecular weight excluding hydrogens is 1230 g/mol. The van der Waals surface area contributed by atoms with Crippen molar-refractivity contribution in [2.45, 2.75) is 225 Å². The van der Waals surface area contributed by atoms with Gasteiger partial charge < -0.3 is 55.6 Å². The second-order valence-corrected chi connectivity index (χ2v) is 28.4. The van der Waals surface area contributed by atoms with E-state index in [0.29, 0.717) is 37.7 Å². The highest BCUT2D eigenvalue weighted by molar-refractivity contribution is 6.31. The molecule has 4 aliphatic rings. The van der Waals surface area contributed by atoms with Crippen LogP contribution in [-0.2, 0) is 65.3 Å². The highest BCUT2D eigenvalue weighted by Gasteiger charge is 2.50. The fourth-order valence-corrected chi connectivity index (χ4v) is 14.0. The first kappa shape index (κ1) is 77.2. The molecule has 0 bridgehead atoms. The van der Waals surface area contributed by atoms with Gasteiger partial charge in [0.05, 0.1) is 30.2 Å². The fourth-order valence-electron chi connectivity index (χ4n) is 13.7. The molecule has 0 aromatic heterocycles. The summed E-state index contributed by atoms with van der Waals surface area (Å²) in [4.78, 5) is 170. The van der Waals surface area contributed by atoms with Crippen LogP contribution in [0.4, 0.5) is 13.2 Å². The molecule has 0 radical (unpaired) electrons. The molecule has 5 rings (SSSR count). The molecule has 0 unspecified atom stereocenters. The minimum absolute atomic E-state index is 0.0296. The molecule has 22 nitrogen and oxygen atoms in total. The predicted molar refractivity (Wildman–Crippen MR) is 346 cm³/mol. The van der Waals surface area contributed by atoms with Gasteiger partial charge in [-0.3, -0.25) is 52.7 Å². The first-order valence-corrected chi connectivity index (χ1v) is 33.8. The molecule has 2 aliphatic carbocycles. The summed E-state index contributed by atoms with van der Waals surface area (Å²) in [5.41, 5.74) is -2.26. The van der Waals surface area contributed by atoms with Crippen molar-refractivity contribution in [1.82, 2.24) is 55.6 Å². The highest BCUT2D eigenvalue weighted by Crippen LogP contribution is 2.37. The number of aryl methyl sites for hydroxylation is 1. The van der Waals surface area contributed by atoms with Gasteiger partial charge >= 0.3 is 6.18 Å². The zero-order chi connectivity index (χ0) is 69.6. The van der Waals surface area contributed by atoms with Gasteiger partial charge in [-0.1, -0.05) is 124 Å². The number of nitrogens with zero attached hydrogens (tertiary/aromatic N) is 7. The third-order valence-corrected chi connectivity index (χ3v) is 19.6. The first-order valence-electron chi connectivity index (χ1n) is 33.4. The minimum atomic E-state index is -4.75. The quantitative estimate of drug-likeness (QED) is 0.183. The van der Waals surface area contributed by atoms with Crippen molar-refractivity contribution in [3.05, 3.63) is 34.3 Å². The van der Waals surface area contributed by atoms with E-state index in [2.05, 4.69) is 21.3 Å². The van der Waals surface area contributed by atoms with E-state index in [0.717, 1.165) is 54.0 Å². The summed E-state index contributed by atoms with van der Waals surface area (Å²) in [5.74, 6) is -7.78. The van der Waals surface area contributed by atoms with Gasteiger partial charge in [-0.15, -0.1) is 0 Å². The lowest BCUT2D eigenvalue weighted by atomic mass is 9.84. The number of rotatable bonds is 12. The van der Waals surface area contributed by atoms with E-state index in [9.17, 15) is 56.3 Å². The average molecular weight is 1330 g/mol. The van der Waals surface area contributed by atoms with Gasteiger partial charge in [0, 0.05) is 61.3 Å². The van der Waals surface area contributed by atoms with Crippen LogP contribution in [0.25, 0.3) is 0 Å². The molecule has 2 aliphatic heterocycles. The molecular formula is C67H105ClF3N11O11. The molecule has 11 amide bonds. The number of carbonyl (C=O) groups is 11. The van der Waals surface area contributed by atoms with Gasteiger partial charge in [-0.25, -0.2) is 0 Å². The van der Waals surface area contributed by atoms with Crippen LogP contribution in [0.5, 0.6) is 0 Å². The zero-order valence-electron chi connectivity index (χ0n) is 57.3. The minimum Gasteiger partial charge on any atom is -0.351 e. The van der Waals surface area contributed by atoms with E-state index in [1.54, 1.807) is 20.8 Å². The number of carbonyl (C=O) groups excluding carboxylic acids is 11. The molecule has 2 saturated heterocycles. The van der Waals surface area contributed by atoms with E-state index in [-0.39, 0.29) is 75.7 Å². The standard InChI is InChI=1S/C67H105ClF3N11O11/c1-15-43(8)57-64(92)78(11)38-55(85)76(9)39-56(86)80(13)52(35-44-22-17-16-18-23-44)63(91)77(10)37-53(83)73-49(28-26-45-25-27-47(48(68)34-45)67(69,70)71)62(90)82-31-21-24-50(82)60(88)75-66(29-19-20-30-66)65(93)81(14)58(42(6)7)61(89)72-46(32-40(2)3)36-54(84)79(12)51(33-41(4)5)59(87)74-57/h25,27,34,40-44,46,49-52,57-58H,15-24,26,28-33,35-39H2,1-14H3,(H,72,89)(H,73,83)(H,74,87)(H,75,88)/t43-,46+,49-,50-,51-,52-,57-,58-/m0/s1. The SMILES string of the molecule is CC[C@H](C)[C@@H]1NC(=O)[C@H](CC(C)C)N(C)C(=O)C[C@@H](CC(C)C)NC(=O)[C@H](C(C)C)N(C)C(=O)C2(CCCC2)NC(=O)[C@@H]2CCCN2C(=O)[C@H](CCc2ccc(C(F)(F)F)c(Cl)c2)NC(=O)CN(C)C(=O)[C@H](CC2CCCCC2)N(C)C(=O)CN(C)C(=O)CN(C)C1=O. The maximum absolute atomic E-state index is 15.2. The Labute approximate surface area is 553 Å². The normalized spacial score (nSPS) is 25.9. The summed E-state index contributed by atoms with van der Waals surface area (Å²) in [7, 11) is 8.61. The number of likely N-dealkylation sites (N-methyl/N-ethyl adjacent to an activating group) is 6. The molecule has 93 heavy (non-hydrogen) atoms. The number of hydrogen-bond donors (Lipinski definition) is 4. The Bertz CT molecular complexity index is 2830. The Morgan fingerprint density at radius 2 is 1.23 bits per heavy atom. The van der Waals surface area contributed by atoms with Crippen LogP contribution in [0.3, 0.4) is 0 Å². The van der Waals surface area contributed by atoms with Gasteiger partial charge in [0.2, 0.25) is 65.0 Å². The molecule has 26 heteroatoms. The van der Waals surface area contributed by atoms with Crippen LogP contribution in [0.15, 0.2) is 18.2 Å². The summed E-state index contributed by atoms with van der Waals surface area (Å²) in [6.45, 7) is 13.3. The lowest BCUT2D eigenvalue weighted by Gasteiger charge is -2.39. The molecule has 8 atom stereocenters. The van der Waals surface area contributed by atoms with E-state index in [1.165, 1.54) is 72.9 Å². The van der Waals surface area contributed by atoms with E-state index < -0.39 is 161 Å². The maximum atomic E-state index is 15.2. The Morgan fingerprint density at radius 1 is 0.624 bits per heavy atom. The van der Waals surface area contributed by atoms with Gasteiger partial charge in [0.25, 0.3) is 0 Å². The van der Waals surface area contributed by atoms with Crippen LogP contribution in [0.2, 0.25) is 5.02 Å². The lowest BCUT2D eigenvalue weighted by molar-refractivity contribution is -0.149.